The van der Waals surface area contributed by atoms with Gasteiger partial charge in [0.1, 0.15) is 5.82 Å². The number of amides is 1. The van der Waals surface area contributed by atoms with Gasteiger partial charge in [-0.1, -0.05) is 0 Å². The van der Waals surface area contributed by atoms with E-state index in [-0.39, 0.29) is 55.1 Å². The molecule has 0 radical (unpaired) electrons. The van der Waals surface area contributed by atoms with Crippen LogP contribution in [0.5, 0.6) is 0 Å². The van der Waals surface area contributed by atoms with Crippen LogP contribution in [0.25, 0.3) is 0 Å². The minimum Gasteiger partial charge on any atom is -0.354 e. The zero-order valence-corrected chi connectivity index (χ0v) is 18.7. The first-order valence-electron chi connectivity index (χ1n) is 9.53. The first-order chi connectivity index (χ1) is 12.1. The Labute approximate surface area is 186 Å². The van der Waals surface area contributed by atoms with Crippen molar-refractivity contribution >= 4 is 48.9 Å². The van der Waals surface area contributed by atoms with Crippen LogP contribution < -0.4 is 16.0 Å². The SMILES string of the molecule is CN1CCN(c2cc(CNC(=O)C3C4CCC(C4)C3N)ccn2)CC1.Cl.Cl.Cl. The van der Waals surface area contributed by atoms with E-state index in [0.29, 0.717) is 18.4 Å². The Kier molecular flexibility index (Phi) is 9.77. The summed E-state index contributed by atoms with van der Waals surface area (Å²) >= 11 is 0. The van der Waals surface area contributed by atoms with Gasteiger partial charge in [-0.25, -0.2) is 4.98 Å². The van der Waals surface area contributed by atoms with Crippen molar-refractivity contribution in [1.29, 1.82) is 0 Å². The van der Waals surface area contributed by atoms with Crippen LogP contribution in [0.2, 0.25) is 0 Å². The van der Waals surface area contributed by atoms with Gasteiger partial charge in [-0.15, -0.1) is 37.2 Å². The molecule has 4 unspecified atom stereocenters. The second-order valence-corrected chi connectivity index (χ2v) is 7.97. The summed E-state index contributed by atoms with van der Waals surface area (Å²) in [5, 5.41) is 3.12. The first kappa shape index (κ1) is 25.2. The summed E-state index contributed by atoms with van der Waals surface area (Å²) in [7, 11) is 2.15. The number of fused-ring (bicyclic) bond motifs is 2. The molecule has 1 saturated heterocycles. The molecule has 160 valence electrons. The Morgan fingerprint density at radius 1 is 1.18 bits per heavy atom. The van der Waals surface area contributed by atoms with Gasteiger partial charge in [0.15, 0.2) is 0 Å². The monoisotopic (exact) mass is 451 g/mol. The summed E-state index contributed by atoms with van der Waals surface area (Å²) < 4.78 is 0. The highest BCUT2D eigenvalue weighted by Gasteiger charge is 2.48. The molecule has 3 aliphatic rings. The van der Waals surface area contributed by atoms with Crippen LogP contribution in [0.3, 0.4) is 0 Å². The maximum absolute atomic E-state index is 12.6. The Morgan fingerprint density at radius 3 is 2.50 bits per heavy atom. The number of carbonyl (C=O) groups is 1. The number of nitrogens with zero attached hydrogens (tertiary/aromatic N) is 3. The van der Waals surface area contributed by atoms with Crippen LogP contribution in [0.4, 0.5) is 5.82 Å². The third-order valence-corrected chi connectivity index (χ3v) is 6.39. The zero-order chi connectivity index (χ0) is 17.4. The Hall–Kier alpha value is -0.790. The number of aromatic nitrogens is 1. The molecule has 2 saturated carbocycles. The van der Waals surface area contributed by atoms with Gasteiger partial charge in [-0.2, -0.15) is 0 Å². The second kappa shape index (κ2) is 10.8. The number of pyridine rings is 1. The molecule has 3 fully saturated rings. The van der Waals surface area contributed by atoms with Crippen molar-refractivity contribution in [3.63, 3.8) is 0 Å². The van der Waals surface area contributed by atoms with Gasteiger partial charge in [0.05, 0.1) is 5.92 Å². The molecule has 2 heterocycles. The van der Waals surface area contributed by atoms with Crippen molar-refractivity contribution in [2.45, 2.75) is 31.8 Å². The number of likely N-dealkylation sites (N-methyl/N-ethyl adjacent to an activating group) is 1. The Balaban J connectivity index is 0.00000131. The number of rotatable bonds is 4. The number of anilines is 1. The summed E-state index contributed by atoms with van der Waals surface area (Å²) in [6.45, 7) is 4.68. The van der Waals surface area contributed by atoms with Gasteiger partial charge in [0.2, 0.25) is 5.91 Å². The standard InChI is InChI=1S/C19H29N5O.3ClH/c1-23-6-8-24(9-7-23)16-10-13(4-5-21-16)12-22-19(25)17-14-2-3-15(11-14)18(17)20;;;/h4-5,10,14-15,17-18H,2-3,6-9,11-12,20H2,1H3,(H,22,25);3*1H. The maximum Gasteiger partial charge on any atom is 0.225 e. The lowest BCUT2D eigenvalue weighted by atomic mass is 9.84. The van der Waals surface area contributed by atoms with E-state index >= 15 is 0 Å². The van der Waals surface area contributed by atoms with Crippen LogP contribution >= 0.6 is 37.2 Å². The van der Waals surface area contributed by atoms with E-state index < -0.39 is 0 Å². The molecular formula is C19H32Cl3N5O. The molecule has 2 bridgehead atoms. The number of piperazine rings is 1. The maximum atomic E-state index is 12.6. The smallest absolute Gasteiger partial charge is 0.225 e. The lowest BCUT2D eigenvalue weighted by molar-refractivity contribution is -0.127. The van der Waals surface area contributed by atoms with Crippen molar-refractivity contribution in [1.82, 2.24) is 15.2 Å². The van der Waals surface area contributed by atoms with E-state index in [9.17, 15) is 4.79 Å². The van der Waals surface area contributed by atoms with Crippen molar-refractivity contribution in [3.8, 4) is 0 Å². The Morgan fingerprint density at radius 2 is 1.86 bits per heavy atom. The van der Waals surface area contributed by atoms with Crippen LogP contribution in [-0.2, 0) is 11.3 Å². The van der Waals surface area contributed by atoms with Crippen molar-refractivity contribution in [2.24, 2.45) is 23.5 Å². The zero-order valence-electron chi connectivity index (χ0n) is 16.3. The summed E-state index contributed by atoms with van der Waals surface area (Å²) in [6, 6.07) is 4.14. The fourth-order valence-corrected chi connectivity index (χ4v) is 4.81. The van der Waals surface area contributed by atoms with Gasteiger partial charge in [-0.3, -0.25) is 4.79 Å². The summed E-state index contributed by atoms with van der Waals surface area (Å²) in [6.07, 6.45) is 5.36. The van der Waals surface area contributed by atoms with Gasteiger partial charge in [-0.05, 0) is 55.8 Å². The number of nitrogens with one attached hydrogen (secondary N) is 1. The third kappa shape index (κ3) is 5.22. The largest absolute Gasteiger partial charge is 0.354 e. The molecule has 1 aliphatic heterocycles. The first-order valence-corrected chi connectivity index (χ1v) is 9.53. The van der Waals surface area contributed by atoms with E-state index in [0.717, 1.165) is 44.0 Å². The van der Waals surface area contributed by atoms with Gasteiger partial charge in [0, 0.05) is 45.0 Å². The quantitative estimate of drug-likeness (QED) is 0.732. The highest BCUT2D eigenvalue weighted by atomic mass is 35.5. The van der Waals surface area contributed by atoms with Gasteiger partial charge in [0.25, 0.3) is 0 Å². The average molecular weight is 453 g/mol. The molecule has 1 aromatic rings. The molecule has 4 atom stereocenters. The predicted molar refractivity (Wildman–Crippen MR) is 120 cm³/mol. The molecule has 0 spiro atoms. The summed E-state index contributed by atoms with van der Waals surface area (Å²) in [5.41, 5.74) is 7.39. The third-order valence-electron chi connectivity index (χ3n) is 6.39. The van der Waals surface area contributed by atoms with Crippen LogP contribution in [0, 0.1) is 17.8 Å². The topological polar surface area (TPSA) is 74.5 Å². The normalized spacial score (nSPS) is 28.7. The van der Waals surface area contributed by atoms with Crippen molar-refractivity contribution in [3.05, 3.63) is 23.9 Å². The lowest BCUT2D eigenvalue weighted by Crippen LogP contribution is -2.45. The molecule has 3 N–H and O–H groups in total. The minimum atomic E-state index is 0. The number of hydrogen-bond acceptors (Lipinski definition) is 5. The summed E-state index contributed by atoms with van der Waals surface area (Å²) in [5.74, 6) is 2.22. The van der Waals surface area contributed by atoms with E-state index in [1.54, 1.807) is 0 Å². The second-order valence-electron chi connectivity index (χ2n) is 7.97. The van der Waals surface area contributed by atoms with E-state index in [4.69, 9.17) is 5.73 Å². The number of halogens is 3. The fraction of sp³-hybridized carbons (Fsp3) is 0.684. The molecule has 1 aromatic heterocycles. The molecule has 28 heavy (non-hydrogen) atoms. The molecule has 4 rings (SSSR count). The highest BCUT2D eigenvalue weighted by Crippen LogP contribution is 2.47. The van der Waals surface area contributed by atoms with Crippen LogP contribution in [0.15, 0.2) is 18.3 Å². The number of hydrogen-bond donors (Lipinski definition) is 2. The average Bonchev–Trinajstić information content (AvgIpc) is 3.22. The summed E-state index contributed by atoms with van der Waals surface area (Å²) in [4.78, 5) is 21.8. The highest BCUT2D eigenvalue weighted by molar-refractivity contribution is 5.86. The number of nitrogens with two attached hydrogens (primary N) is 1. The fourth-order valence-electron chi connectivity index (χ4n) is 4.81. The van der Waals surface area contributed by atoms with Crippen molar-refractivity contribution < 1.29 is 4.79 Å². The van der Waals surface area contributed by atoms with Crippen LogP contribution in [0.1, 0.15) is 24.8 Å². The Bertz CT molecular complexity index is 640. The minimum absolute atomic E-state index is 0. The van der Waals surface area contributed by atoms with E-state index in [1.807, 2.05) is 12.3 Å². The lowest BCUT2D eigenvalue weighted by Gasteiger charge is -2.33. The molecule has 0 aromatic carbocycles. The van der Waals surface area contributed by atoms with Gasteiger partial charge < -0.3 is 20.9 Å². The molecule has 6 nitrogen and oxygen atoms in total. The van der Waals surface area contributed by atoms with Gasteiger partial charge >= 0.3 is 0 Å². The molecular weight excluding hydrogens is 421 g/mol. The van der Waals surface area contributed by atoms with Crippen LogP contribution in [-0.4, -0.2) is 55.1 Å². The van der Waals surface area contributed by atoms with E-state index in [2.05, 4.69) is 33.2 Å². The van der Waals surface area contributed by atoms with E-state index in [1.165, 1.54) is 12.8 Å². The number of carbonyl (C=O) groups excluding carboxylic acids is 1. The predicted octanol–water partition coefficient (Wildman–Crippen LogP) is 2.09. The van der Waals surface area contributed by atoms with Crippen molar-refractivity contribution in [2.75, 3.05) is 38.1 Å². The molecule has 1 amide bonds. The molecule has 9 heteroatoms. The molecule has 2 aliphatic carbocycles.